The molecule has 0 radical (unpaired) electrons. The zero-order valence-electron chi connectivity index (χ0n) is 17.2. The summed E-state index contributed by atoms with van der Waals surface area (Å²) < 4.78 is 5.74. The molecule has 2 fully saturated rings. The smallest absolute Gasteiger partial charge is 0.411 e. The molecule has 2 aliphatic rings. The fraction of sp³-hybridized carbons (Fsp3) is 0.348. The van der Waals surface area contributed by atoms with Crippen molar-refractivity contribution in [1.82, 2.24) is 14.9 Å². The second kappa shape index (κ2) is 7.09. The Labute approximate surface area is 179 Å². The van der Waals surface area contributed by atoms with Crippen LogP contribution in [0.4, 0.5) is 4.79 Å². The second-order valence-electron chi connectivity index (χ2n) is 8.56. The fourth-order valence-corrected chi connectivity index (χ4v) is 5.04. The maximum absolute atomic E-state index is 12.7. The van der Waals surface area contributed by atoms with Crippen LogP contribution in [0, 0.1) is 5.92 Å². The topological polar surface area (TPSA) is 122 Å². The Morgan fingerprint density at radius 3 is 2.87 bits per heavy atom. The lowest BCUT2D eigenvalue weighted by Crippen LogP contribution is -2.49. The predicted octanol–water partition coefficient (Wildman–Crippen LogP) is 3.55. The third-order valence-electron chi connectivity index (χ3n) is 6.60. The van der Waals surface area contributed by atoms with Crippen molar-refractivity contribution >= 4 is 23.0 Å². The Hall–Kier alpha value is -3.39. The number of rotatable bonds is 5. The van der Waals surface area contributed by atoms with Gasteiger partial charge < -0.3 is 20.6 Å². The Kier molecular flexibility index (Phi) is 4.48. The average Bonchev–Trinajstić information content (AvgIpc) is 3.31. The Bertz CT molecular complexity index is 1170. The summed E-state index contributed by atoms with van der Waals surface area (Å²) in [6.45, 7) is 3.06. The number of carboxylic acid groups (broad SMARTS) is 1. The molecule has 5 rings (SSSR count). The minimum atomic E-state index is -1.05. The summed E-state index contributed by atoms with van der Waals surface area (Å²) in [6, 6.07) is 9.03. The summed E-state index contributed by atoms with van der Waals surface area (Å²) >= 11 is 0. The molecule has 0 unspecified atom stereocenters. The van der Waals surface area contributed by atoms with E-state index in [1.54, 1.807) is 23.4 Å². The summed E-state index contributed by atoms with van der Waals surface area (Å²) in [5.41, 5.74) is 8.27. The van der Waals surface area contributed by atoms with Crippen LogP contribution >= 0.6 is 0 Å². The Morgan fingerprint density at radius 1 is 1.39 bits per heavy atom. The number of hydrogen-bond donors (Lipinski definition) is 3. The van der Waals surface area contributed by atoms with Gasteiger partial charge in [0.25, 0.3) is 0 Å². The molecule has 0 bridgehead atoms. The molecule has 8 nitrogen and oxygen atoms in total. The molecule has 160 valence electrons. The molecule has 3 aromatic rings. The number of para-hydroxylation sites is 1. The second-order valence-corrected chi connectivity index (χ2v) is 8.56. The number of carbonyl (C=O) groups is 2. The number of fused-ring (bicyclic) bond motifs is 1. The van der Waals surface area contributed by atoms with Crippen LogP contribution in [0.15, 0.2) is 42.7 Å². The van der Waals surface area contributed by atoms with Crippen molar-refractivity contribution in [2.45, 2.75) is 31.4 Å². The number of hydrogen-bond acceptors (Lipinski definition) is 5. The summed E-state index contributed by atoms with van der Waals surface area (Å²) in [7, 11) is 0. The van der Waals surface area contributed by atoms with Crippen LogP contribution in [0.2, 0.25) is 0 Å². The number of nitrogens with one attached hydrogen (secondary N) is 1. The van der Waals surface area contributed by atoms with E-state index in [9.17, 15) is 14.7 Å². The van der Waals surface area contributed by atoms with Gasteiger partial charge in [-0.05, 0) is 43.9 Å². The molecule has 4 N–H and O–H groups in total. The maximum Gasteiger partial charge on any atom is 0.411 e. The molecule has 8 heteroatoms. The number of carbonyl (C=O) groups excluding carboxylic acids is 1. The molecule has 31 heavy (non-hydrogen) atoms. The van der Waals surface area contributed by atoms with Crippen LogP contribution < -0.4 is 5.73 Å². The first-order valence-corrected chi connectivity index (χ1v) is 10.4. The summed E-state index contributed by atoms with van der Waals surface area (Å²) in [4.78, 5) is 33.6. The first-order valence-electron chi connectivity index (χ1n) is 10.4. The number of carboxylic acids is 1. The number of aromatic nitrogens is 2. The van der Waals surface area contributed by atoms with Crippen molar-refractivity contribution in [3.05, 3.63) is 54.0 Å². The van der Waals surface area contributed by atoms with Gasteiger partial charge in [0.15, 0.2) is 0 Å². The van der Waals surface area contributed by atoms with Crippen LogP contribution in [0.3, 0.4) is 0 Å². The van der Waals surface area contributed by atoms with Crippen LogP contribution in [0.1, 0.15) is 41.9 Å². The number of aromatic carboxylic acids is 1. The fourth-order valence-electron chi connectivity index (χ4n) is 5.04. The zero-order valence-corrected chi connectivity index (χ0v) is 17.2. The number of amides is 1. The number of benzene rings is 1. The predicted molar refractivity (Wildman–Crippen MR) is 115 cm³/mol. The molecule has 1 saturated carbocycles. The van der Waals surface area contributed by atoms with Gasteiger partial charge in [0.05, 0.1) is 18.1 Å². The van der Waals surface area contributed by atoms with E-state index in [4.69, 9.17) is 10.5 Å². The quantitative estimate of drug-likeness (QED) is 0.580. The largest absolute Gasteiger partial charge is 0.477 e. The zero-order chi connectivity index (χ0) is 21.8. The van der Waals surface area contributed by atoms with Crippen molar-refractivity contribution in [1.29, 1.82) is 0 Å². The molecule has 2 aromatic heterocycles. The van der Waals surface area contributed by atoms with E-state index in [-0.39, 0.29) is 17.8 Å². The van der Waals surface area contributed by atoms with Gasteiger partial charge in [-0.1, -0.05) is 24.3 Å². The summed E-state index contributed by atoms with van der Waals surface area (Å²) in [5.74, 6) is -0.648. The first kappa shape index (κ1) is 19.6. The molecule has 1 atom stereocenters. The summed E-state index contributed by atoms with van der Waals surface area (Å²) in [6.07, 6.45) is 4.55. The van der Waals surface area contributed by atoms with Crippen molar-refractivity contribution in [2.75, 3.05) is 13.1 Å². The van der Waals surface area contributed by atoms with Gasteiger partial charge in [0.2, 0.25) is 0 Å². The monoisotopic (exact) mass is 420 g/mol. The number of nitrogens with zero attached hydrogens (tertiary/aromatic N) is 2. The normalized spacial score (nSPS) is 23.7. The average molecular weight is 420 g/mol. The van der Waals surface area contributed by atoms with E-state index >= 15 is 0 Å². The van der Waals surface area contributed by atoms with Crippen LogP contribution in [0.5, 0.6) is 0 Å². The third-order valence-corrected chi connectivity index (χ3v) is 6.60. The number of ether oxygens (including phenoxy) is 1. The highest BCUT2D eigenvalue weighted by molar-refractivity contribution is 6.08. The highest BCUT2D eigenvalue weighted by Gasteiger charge is 2.54. The maximum atomic E-state index is 12.7. The van der Waals surface area contributed by atoms with Crippen molar-refractivity contribution in [3.8, 4) is 11.1 Å². The van der Waals surface area contributed by atoms with E-state index in [0.29, 0.717) is 30.1 Å². The molecule has 1 aliphatic heterocycles. The van der Waals surface area contributed by atoms with Gasteiger partial charge in [0, 0.05) is 28.9 Å². The Balaban J connectivity index is 1.55. The van der Waals surface area contributed by atoms with Gasteiger partial charge in [-0.3, -0.25) is 9.88 Å². The molecule has 1 aromatic carbocycles. The molecule has 3 heterocycles. The lowest BCUT2D eigenvalue weighted by atomic mass is 9.71. The van der Waals surface area contributed by atoms with Crippen molar-refractivity contribution in [2.24, 2.45) is 11.7 Å². The minimum absolute atomic E-state index is 0.105. The van der Waals surface area contributed by atoms with E-state index in [2.05, 4.69) is 9.97 Å². The molecular formula is C23H24N4O4. The molecule has 1 saturated heterocycles. The van der Waals surface area contributed by atoms with E-state index in [0.717, 1.165) is 29.4 Å². The molecule has 1 spiro atoms. The molecule has 1 aliphatic carbocycles. The van der Waals surface area contributed by atoms with Gasteiger partial charge in [-0.25, -0.2) is 9.59 Å². The molecular weight excluding hydrogens is 396 g/mol. The minimum Gasteiger partial charge on any atom is -0.477 e. The van der Waals surface area contributed by atoms with E-state index in [1.807, 2.05) is 31.2 Å². The van der Waals surface area contributed by atoms with E-state index in [1.165, 1.54) is 0 Å². The van der Waals surface area contributed by atoms with Crippen molar-refractivity contribution < 1.29 is 19.4 Å². The number of pyridine rings is 1. The number of H-pyrrole nitrogens is 1. The highest BCUT2D eigenvalue weighted by atomic mass is 16.6. The first-order chi connectivity index (χ1) is 14.9. The van der Waals surface area contributed by atoms with E-state index < -0.39 is 11.6 Å². The van der Waals surface area contributed by atoms with Gasteiger partial charge in [-0.2, -0.15) is 0 Å². The standard InChI is InChI=1S/C23H24N4O4/c1-13(27-12-23(31-22(27)30)8-14(9-23)10-24)16-5-2-6-17-18(15-4-3-7-25-11-15)20(21(28)29)26-19(16)17/h2-7,11,13-14,26H,8-10,12,24H2,1H3,(H,28,29)/t13-,14-,23-/m0/s1. The van der Waals surface area contributed by atoms with Crippen molar-refractivity contribution in [3.63, 3.8) is 0 Å². The van der Waals surface area contributed by atoms with Gasteiger partial charge in [-0.15, -0.1) is 0 Å². The van der Waals surface area contributed by atoms with Crippen LogP contribution in [-0.4, -0.2) is 50.7 Å². The Morgan fingerprint density at radius 2 is 2.19 bits per heavy atom. The SMILES string of the molecule is C[C@@H](c1cccc2c(-c3cccnc3)c(C(=O)O)[nH]c12)N1C[C@]2(C[C@@H](CN)C2)OC1=O. The van der Waals surface area contributed by atoms with Crippen LogP contribution in [0.25, 0.3) is 22.0 Å². The van der Waals surface area contributed by atoms with Gasteiger partial charge >= 0.3 is 12.1 Å². The lowest BCUT2D eigenvalue weighted by molar-refractivity contribution is -0.0439. The molecule has 1 amide bonds. The number of aromatic amines is 1. The van der Waals surface area contributed by atoms with Crippen LogP contribution in [-0.2, 0) is 4.74 Å². The highest BCUT2D eigenvalue weighted by Crippen LogP contribution is 2.47. The van der Waals surface area contributed by atoms with Gasteiger partial charge in [0.1, 0.15) is 11.3 Å². The number of nitrogens with two attached hydrogens (primary N) is 1. The third kappa shape index (κ3) is 3.06. The summed E-state index contributed by atoms with van der Waals surface area (Å²) in [5, 5.41) is 10.6. The lowest BCUT2D eigenvalue weighted by Gasteiger charge is -2.42.